The Hall–Kier alpha value is -2.76. The van der Waals surface area contributed by atoms with Crippen LogP contribution in [0.4, 0.5) is 0 Å². The molecular weight excluding hydrogens is 344 g/mol. The standard InChI is InChI=1S/C21H28N2O4/c1-5-11-26-18-9-7-16(13-19(18)27-12-6-2)15(3)23-21(24)17-8-10-20(25-4)22-14-17/h7-10,13-15H,5-6,11-12H2,1-4H3,(H,23,24). The molecule has 6 nitrogen and oxygen atoms in total. The van der Waals surface area contributed by atoms with Crippen LogP contribution in [0.2, 0.25) is 0 Å². The summed E-state index contributed by atoms with van der Waals surface area (Å²) in [5, 5.41) is 2.98. The van der Waals surface area contributed by atoms with E-state index in [1.54, 1.807) is 12.1 Å². The third-order valence-corrected chi connectivity index (χ3v) is 3.95. The first kappa shape index (κ1) is 20.6. The van der Waals surface area contributed by atoms with Gasteiger partial charge in [-0.15, -0.1) is 0 Å². The van der Waals surface area contributed by atoms with Gasteiger partial charge in [-0.1, -0.05) is 19.9 Å². The van der Waals surface area contributed by atoms with E-state index in [0.29, 0.717) is 30.4 Å². The van der Waals surface area contributed by atoms with Gasteiger partial charge in [0.1, 0.15) is 0 Å². The first-order valence-electron chi connectivity index (χ1n) is 9.29. The second kappa shape index (κ2) is 10.4. The van der Waals surface area contributed by atoms with E-state index in [1.165, 1.54) is 13.3 Å². The third kappa shape index (κ3) is 5.88. The molecular formula is C21H28N2O4. The molecule has 0 bridgehead atoms. The lowest BCUT2D eigenvalue weighted by Gasteiger charge is -2.18. The molecule has 0 aliphatic carbocycles. The average molecular weight is 372 g/mol. The molecule has 1 aromatic carbocycles. The monoisotopic (exact) mass is 372 g/mol. The number of hydrogen-bond donors (Lipinski definition) is 1. The highest BCUT2D eigenvalue weighted by molar-refractivity contribution is 5.94. The quantitative estimate of drug-likeness (QED) is 0.678. The summed E-state index contributed by atoms with van der Waals surface area (Å²) in [5.41, 5.74) is 1.42. The zero-order chi connectivity index (χ0) is 19.6. The number of carbonyl (C=O) groups excluding carboxylic acids is 1. The summed E-state index contributed by atoms with van der Waals surface area (Å²) in [6.45, 7) is 7.30. The average Bonchev–Trinajstić information content (AvgIpc) is 2.70. The second-order valence-corrected chi connectivity index (χ2v) is 6.19. The summed E-state index contributed by atoms with van der Waals surface area (Å²) in [4.78, 5) is 16.5. The molecule has 2 aromatic rings. The van der Waals surface area contributed by atoms with Crippen LogP contribution in [0, 0.1) is 0 Å². The molecule has 146 valence electrons. The van der Waals surface area contributed by atoms with Crippen molar-refractivity contribution >= 4 is 5.91 Å². The van der Waals surface area contributed by atoms with Gasteiger partial charge in [-0.05, 0) is 43.5 Å². The summed E-state index contributed by atoms with van der Waals surface area (Å²) >= 11 is 0. The second-order valence-electron chi connectivity index (χ2n) is 6.19. The number of hydrogen-bond acceptors (Lipinski definition) is 5. The SMILES string of the molecule is CCCOc1ccc(C(C)NC(=O)c2ccc(OC)nc2)cc1OCCC. The topological polar surface area (TPSA) is 69.7 Å². The zero-order valence-corrected chi connectivity index (χ0v) is 16.5. The van der Waals surface area contributed by atoms with Gasteiger partial charge in [0.05, 0.1) is 31.9 Å². The maximum atomic E-state index is 12.4. The van der Waals surface area contributed by atoms with Crippen LogP contribution < -0.4 is 19.5 Å². The van der Waals surface area contributed by atoms with E-state index in [-0.39, 0.29) is 11.9 Å². The molecule has 1 unspecified atom stereocenters. The number of nitrogens with zero attached hydrogens (tertiary/aromatic N) is 1. The molecule has 0 radical (unpaired) electrons. The minimum atomic E-state index is -0.194. The van der Waals surface area contributed by atoms with Crippen LogP contribution in [0.15, 0.2) is 36.5 Å². The van der Waals surface area contributed by atoms with Crippen LogP contribution in [-0.4, -0.2) is 31.2 Å². The smallest absolute Gasteiger partial charge is 0.253 e. The predicted molar refractivity (Wildman–Crippen MR) is 105 cm³/mol. The van der Waals surface area contributed by atoms with Crippen molar-refractivity contribution in [1.29, 1.82) is 0 Å². The fourth-order valence-corrected chi connectivity index (χ4v) is 2.45. The van der Waals surface area contributed by atoms with Gasteiger partial charge < -0.3 is 19.5 Å². The largest absolute Gasteiger partial charge is 0.490 e. The number of carbonyl (C=O) groups is 1. The maximum Gasteiger partial charge on any atom is 0.253 e. The first-order chi connectivity index (χ1) is 13.1. The molecule has 6 heteroatoms. The van der Waals surface area contributed by atoms with Crippen LogP contribution in [-0.2, 0) is 0 Å². The number of nitrogens with one attached hydrogen (secondary N) is 1. The van der Waals surface area contributed by atoms with E-state index < -0.39 is 0 Å². The van der Waals surface area contributed by atoms with Crippen molar-refractivity contribution in [1.82, 2.24) is 10.3 Å². The molecule has 1 N–H and O–H groups in total. The minimum Gasteiger partial charge on any atom is -0.490 e. The van der Waals surface area contributed by atoms with Gasteiger partial charge >= 0.3 is 0 Å². The van der Waals surface area contributed by atoms with Gasteiger partial charge in [-0.25, -0.2) is 4.98 Å². The third-order valence-electron chi connectivity index (χ3n) is 3.95. The van der Waals surface area contributed by atoms with E-state index >= 15 is 0 Å². The highest BCUT2D eigenvalue weighted by atomic mass is 16.5. The Balaban J connectivity index is 2.11. The van der Waals surface area contributed by atoms with Crippen molar-refractivity contribution < 1.29 is 19.0 Å². The van der Waals surface area contributed by atoms with Crippen LogP contribution >= 0.6 is 0 Å². The fraction of sp³-hybridized carbons (Fsp3) is 0.429. The van der Waals surface area contributed by atoms with E-state index in [4.69, 9.17) is 14.2 Å². The fourth-order valence-electron chi connectivity index (χ4n) is 2.45. The number of amides is 1. The Labute approximate surface area is 160 Å². The zero-order valence-electron chi connectivity index (χ0n) is 16.5. The lowest BCUT2D eigenvalue weighted by Crippen LogP contribution is -2.26. The highest BCUT2D eigenvalue weighted by Crippen LogP contribution is 2.31. The van der Waals surface area contributed by atoms with Crippen LogP contribution in [0.1, 0.15) is 55.6 Å². The Kier molecular flexibility index (Phi) is 7.92. The molecule has 0 saturated carbocycles. The van der Waals surface area contributed by atoms with E-state index in [9.17, 15) is 4.79 Å². The van der Waals surface area contributed by atoms with Gasteiger partial charge in [0.25, 0.3) is 5.91 Å². The summed E-state index contributed by atoms with van der Waals surface area (Å²) in [6, 6.07) is 8.93. The van der Waals surface area contributed by atoms with E-state index in [1.807, 2.05) is 25.1 Å². The number of aromatic nitrogens is 1. The minimum absolute atomic E-state index is 0.191. The summed E-state index contributed by atoms with van der Waals surface area (Å²) in [6.07, 6.45) is 3.34. The molecule has 0 aliphatic rings. The van der Waals surface area contributed by atoms with Gasteiger partial charge in [-0.3, -0.25) is 4.79 Å². The van der Waals surface area contributed by atoms with Crippen molar-refractivity contribution in [2.75, 3.05) is 20.3 Å². The molecule has 1 heterocycles. The van der Waals surface area contributed by atoms with Gasteiger partial charge in [0.15, 0.2) is 11.5 Å². The van der Waals surface area contributed by atoms with Gasteiger partial charge in [0.2, 0.25) is 5.88 Å². The van der Waals surface area contributed by atoms with Crippen molar-refractivity contribution in [3.8, 4) is 17.4 Å². The number of pyridine rings is 1. The van der Waals surface area contributed by atoms with Crippen LogP contribution in [0.3, 0.4) is 0 Å². The maximum absolute atomic E-state index is 12.4. The summed E-state index contributed by atoms with van der Waals surface area (Å²) < 4.78 is 16.6. The Morgan fingerprint density at radius 2 is 1.78 bits per heavy atom. The number of ether oxygens (including phenoxy) is 3. The van der Waals surface area contributed by atoms with E-state index in [0.717, 1.165) is 24.2 Å². The van der Waals surface area contributed by atoms with Crippen molar-refractivity contribution in [2.24, 2.45) is 0 Å². The number of methoxy groups -OCH3 is 1. The molecule has 1 atom stereocenters. The number of rotatable bonds is 10. The Bertz CT molecular complexity index is 731. The lowest BCUT2D eigenvalue weighted by atomic mass is 10.1. The Morgan fingerprint density at radius 1 is 1.07 bits per heavy atom. The van der Waals surface area contributed by atoms with Gasteiger partial charge in [-0.2, -0.15) is 0 Å². The molecule has 2 rings (SSSR count). The van der Waals surface area contributed by atoms with Crippen LogP contribution in [0.25, 0.3) is 0 Å². The predicted octanol–water partition coefficient (Wildman–Crippen LogP) is 4.16. The molecule has 0 spiro atoms. The lowest BCUT2D eigenvalue weighted by molar-refractivity contribution is 0.0939. The summed E-state index contributed by atoms with van der Waals surface area (Å²) in [7, 11) is 1.54. The number of benzene rings is 1. The van der Waals surface area contributed by atoms with Gasteiger partial charge in [0, 0.05) is 12.3 Å². The summed E-state index contributed by atoms with van der Waals surface area (Å²) in [5.74, 6) is 1.71. The molecule has 1 aromatic heterocycles. The first-order valence-corrected chi connectivity index (χ1v) is 9.29. The molecule has 0 aliphatic heterocycles. The molecule has 27 heavy (non-hydrogen) atoms. The highest BCUT2D eigenvalue weighted by Gasteiger charge is 2.15. The molecule has 0 fully saturated rings. The Morgan fingerprint density at radius 3 is 2.37 bits per heavy atom. The van der Waals surface area contributed by atoms with E-state index in [2.05, 4.69) is 24.1 Å². The van der Waals surface area contributed by atoms with Crippen LogP contribution in [0.5, 0.6) is 17.4 Å². The van der Waals surface area contributed by atoms with Crippen molar-refractivity contribution in [3.63, 3.8) is 0 Å². The molecule has 1 amide bonds. The normalized spacial score (nSPS) is 11.6. The van der Waals surface area contributed by atoms with Crippen molar-refractivity contribution in [2.45, 2.75) is 39.7 Å². The molecule has 0 saturated heterocycles. The van der Waals surface area contributed by atoms with Crippen molar-refractivity contribution in [3.05, 3.63) is 47.7 Å².